The molecule has 2 nitrogen and oxygen atoms in total. The van der Waals surface area contributed by atoms with Crippen LogP contribution in [0.1, 0.15) is 51.2 Å². The van der Waals surface area contributed by atoms with Gasteiger partial charge in [-0.1, -0.05) is 33.0 Å². The van der Waals surface area contributed by atoms with Gasteiger partial charge in [0.15, 0.2) is 0 Å². The molecule has 0 saturated heterocycles. The van der Waals surface area contributed by atoms with Crippen LogP contribution in [0.5, 0.6) is 5.75 Å². The standard InChI is InChI=1S/C17H25NOS/c1-11-7-14(10-17(3,4)9-11)19-13-5-6-15(16(18)20)12(2)8-13/h5-6,8,11,14H,7,9-10H2,1-4H3,(H2,18,20). The summed E-state index contributed by atoms with van der Waals surface area (Å²) in [5.74, 6) is 1.65. The van der Waals surface area contributed by atoms with E-state index >= 15 is 0 Å². The minimum atomic E-state index is 0.309. The largest absolute Gasteiger partial charge is 0.490 e. The van der Waals surface area contributed by atoms with Crippen LogP contribution < -0.4 is 10.5 Å². The summed E-state index contributed by atoms with van der Waals surface area (Å²) < 4.78 is 6.19. The van der Waals surface area contributed by atoms with Crippen molar-refractivity contribution in [2.45, 2.75) is 53.1 Å². The molecule has 110 valence electrons. The smallest absolute Gasteiger partial charge is 0.120 e. The Kier molecular flexibility index (Phi) is 4.38. The quantitative estimate of drug-likeness (QED) is 0.847. The molecule has 1 aliphatic carbocycles. The van der Waals surface area contributed by atoms with Gasteiger partial charge in [-0.2, -0.15) is 0 Å². The number of rotatable bonds is 3. The molecule has 2 N–H and O–H groups in total. The molecule has 1 fully saturated rings. The van der Waals surface area contributed by atoms with E-state index in [4.69, 9.17) is 22.7 Å². The monoisotopic (exact) mass is 291 g/mol. The lowest BCUT2D eigenvalue weighted by Crippen LogP contribution is -2.34. The zero-order chi connectivity index (χ0) is 14.9. The number of benzene rings is 1. The molecule has 0 aliphatic heterocycles. The molecule has 1 aromatic carbocycles. The van der Waals surface area contributed by atoms with Crippen LogP contribution in [0.15, 0.2) is 18.2 Å². The number of hydrogen-bond acceptors (Lipinski definition) is 2. The zero-order valence-electron chi connectivity index (χ0n) is 12.9. The van der Waals surface area contributed by atoms with Crippen LogP contribution in [0.3, 0.4) is 0 Å². The summed E-state index contributed by atoms with van der Waals surface area (Å²) >= 11 is 5.04. The molecule has 0 heterocycles. The van der Waals surface area contributed by atoms with Crippen LogP contribution in [-0.4, -0.2) is 11.1 Å². The van der Waals surface area contributed by atoms with Gasteiger partial charge in [-0.3, -0.25) is 0 Å². The molecule has 0 amide bonds. The minimum Gasteiger partial charge on any atom is -0.490 e. The Balaban J connectivity index is 2.10. The van der Waals surface area contributed by atoms with Gasteiger partial charge in [0.2, 0.25) is 0 Å². The summed E-state index contributed by atoms with van der Waals surface area (Å²) in [4.78, 5) is 0.446. The van der Waals surface area contributed by atoms with Gasteiger partial charge >= 0.3 is 0 Å². The van der Waals surface area contributed by atoms with Gasteiger partial charge in [-0.25, -0.2) is 0 Å². The molecule has 2 unspecified atom stereocenters. The van der Waals surface area contributed by atoms with Crippen molar-refractivity contribution in [1.82, 2.24) is 0 Å². The molecule has 1 saturated carbocycles. The maximum absolute atomic E-state index is 6.19. The van der Waals surface area contributed by atoms with Crippen LogP contribution in [0.4, 0.5) is 0 Å². The average Bonchev–Trinajstić information content (AvgIpc) is 2.25. The van der Waals surface area contributed by atoms with E-state index in [1.54, 1.807) is 0 Å². The Morgan fingerprint density at radius 2 is 2.05 bits per heavy atom. The Hall–Kier alpha value is -1.09. The van der Waals surface area contributed by atoms with Gasteiger partial charge in [0.1, 0.15) is 10.7 Å². The van der Waals surface area contributed by atoms with Crippen molar-refractivity contribution in [3.63, 3.8) is 0 Å². The van der Waals surface area contributed by atoms with E-state index < -0.39 is 0 Å². The normalized spacial score (nSPS) is 25.2. The van der Waals surface area contributed by atoms with Gasteiger partial charge in [0, 0.05) is 5.56 Å². The van der Waals surface area contributed by atoms with Gasteiger partial charge in [-0.05, 0) is 61.3 Å². The van der Waals surface area contributed by atoms with Crippen LogP contribution in [0.2, 0.25) is 0 Å². The van der Waals surface area contributed by atoms with Gasteiger partial charge in [-0.15, -0.1) is 0 Å². The molecular formula is C17H25NOS. The topological polar surface area (TPSA) is 35.2 Å². The first-order chi connectivity index (χ1) is 9.27. The Morgan fingerprint density at radius 3 is 2.60 bits per heavy atom. The molecule has 0 bridgehead atoms. The van der Waals surface area contributed by atoms with Crippen molar-refractivity contribution < 1.29 is 4.74 Å². The lowest BCUT2D eigenvalue weighted by Gasteiger charge is -2.38. The van der Waals surface area contributed by atoms with Crippen molar-refractivity contribution in [3.05, 3.63) is 29.3 Å². The van der Waals surface area contributed by atoms with E-state index in [1.807, 2.05) is 25.1 Å². The minimum absolute atomic E-state index is 0.309. The van der Waals surface area contributed by atoms with E-state index in [-0.39, 0.29) is 0 Å². The number of aryl methyl sites for hydroxylation is 1. The first kappa shape index (κ1) is 15.3. The lowest BCUT2D eigenvalue weighted by molar-refractivity contribution is 0.0562. The maximum atomic E-state index is 6.19. The molecular weight excluding hydrogens is 266 g/mol. The highest BCUT2D eigenvalue weighted by Crippen LogP contribution is 2.40. The van der Waals surface area contributed by atoms with E-state index in [0.717, 1.165) is 35.6 Å². The summed E-state index contributed by atoms with van der Waals surface area (Å²) in [6, 6.07) is 5.99. The molecule has 20 heavy (non-hydrogen) atoms. The van der Waals surface area contributed by atoms with E-state index in [2.05, 4.69) is 20.8 Å². The highest BCUT2D eigenvalue weighted by atomic mass is 32.1. The number of nitrogens with two attached hydrogens (primary N) is 1. The van der Waals surface area contributed by atoms with E-state index in [0.29, 0.717) is 16.5 Å². The zero-order valence-corrected chi connectivity index (χ0v) is 13.7. The number of hydrogen-bond donors (Lipinski definition) is 1. The fourth-order valence-electron chi connectivity index (χ4n) is 3.53. The molecule has 1 aromatic rings. The maximum Gasteiger partial charge on any atom is 0.120 e. The van der Waals surface area contributed by atoms with E-state index in [9.17, 15) is 0 Å². The summed E-state index contributed by atoms with van der Waals surface area (Å²) in [6.45, 7) is 9.01. The summed E-state index contributed by atoms with van der Waals surface area (Å²) in [5.41, 5.74) is 8.08. The molecule has 3 heteroatoms. The molecule has 2 atom stereocenters. The SMILES string of the molecule is Cc1cc(OC2CC(C)CC(C)(C)C2)ccc1C(N)=S. The fourth-order valence-corrected chi connectivity index (χ4v) is 3.76. The predicted molar refractivity (Wildman–Crippen MR) is 88.3 cm³/mol. The second-order valence-electron chi connectivity index (χ2n) is 6.99. The summed E-state index contributed by atoms with van der Waals surface area (Å²) in [7, 11) is 0. The molecule has 1 aliphatic rings. The third kappa shape index (κ3) is 3.72. The predicted octanol–water partition coefficient (Wildman–Crippen LogP) is 4.22. The summed E-state index contributed by atoms with van der Waals surface area (Å²) in [5, 5.41) is 0. The summed E-state index contributed by atoms with van der Waals surface area (Å²) in [6.07, 6.45) is 3.85. The van der Waals surface area contributed by atoms with Gasteiger partial charge in [0.25, 0.3) is 0 Å². The Bertz CT molecular complexity index is 510. The van der Waals surface area contributed by atoms with Crippen LogP contribution in [0, 0.1) is 18.3 Å². The van der Waals surface area contributed by atoms with Crippen molar-refractivity contribution in [2.75, 3.05) is 0 Å². The van der Waals surface area contributed by atoms with Crippen molar-refractivity contribution in [3.8, 4) is 5.75 Å². The van der Waals surface area contributed by atoms with Gasteiger partial charge in [0.05, 0.1) is 6.10 Å². The van der Waals surface area contributed by atoms with Crippen molar-refractivity contribution in [1.29, 1.82) is 0 Å². The number of ether oxygens (including phenoxy) is 1. The second-order valence-corrected chi connectivity index (χ2v) is 7.43. The van der Waals surface area contributed by atoms with Crippen molar-refractivity contribution >= 4 is 17.2 Å². The molecule has 0 spiro atoms. The molecule has 2 rings (SSSR count). The third-order valence-corrected chi connectivity index (χ3v) is 4.33. The highest BCUT2D eigenvalue weighted by Gasteiger charge is 2.33. The Labute approximate surface area is 127 Å². The second kappa shape index (κ2) is 5.72. The molecule has 0 aromatic heterocycles. The van der Waals surface area contributed by atoms with Crippen LogP contribution in [-0.2, 0) is 0 Å². The average molecular weight is 291 g/mol. The van der Waals surface area contributed by atoms with Crippen LogP contribution in [0.25, 0.3) is 0 Å². The fraction of sp³-hybridized carbons (Fsp3) is 0.588. The van der Waals surface area contributed by atoms with Gasteiger partial charge < -0.3 is 10.5 Å². The van der Waals surface area contributed by atoms with Crippen LogP contribution >= 0.6 is 12.2 Å². The van der Waals surface area contributed by atoms with E-state index in [1.165, 1.54) is 6.42 Å². The Morgan fingerprint density at radius 1 is 1.35 bits per heavy atom. The van der Waals surface area contributed by atoms with Crippen molar-refractivity contribution in [2.24, 2.45) is 17.1 Å². The number of thiocarbonyl (C=S) groups is 1. The lowest BCUT2D eigenvalue weighted by atomic mass is 9.71. The molecule has 0 radical (unpaired) electrons. The third-order valence-electron chi connectivity index (χ3n) is 4.11. The first-order valence-corrected chi connectivity index (χ1v) is 7.75. The highest BCUT2D eigenvalue weighted by molar-refractivity contribution is 7.80. The first-order valence-electron chi connectivity index (χ1n) is 7.34.